The molecule has 3 N–H and O–H groups in total. The predicted octanol–water partition coefficient (Wildman–Crippen LogP) is 0.868. The smallest absolute Gasteiger partial charge is 0.273 e. The lowest BCUT2D eigenvalue weighted by Gasteiger charge is -2.04. The molecule has 0 saturated heterocycles. The molecule has 1 heterocycles. The standard InChI is InChI=1S/C11H12FN3O2/c12-7-1-3-8(4-2-7)14-11(16)10-5-9(6-13)17-15-10/h1-4,9H,5-6,13H2,(H,14,16). The molecule has 0 aromatic heterocycles. The molecule has 1 aliphatic heterocycles. The molecule has 1 unspecified atom stereocenters. The SMILES string of the molecule is NCC1CC(C(=O)Nc2ccc(F)cc2)=NO1. The Kier molecular flexibility index (Phi) is 3.34. The topological polar surface area (TPSA) is 76.7 Å². The van der Waals surface area contributed by atoms with Gasteiger partial charge in [0.2, 0.25) is 0 Å². The number of hydrogen-bond acceptors (Lipinski definition) is 4. The van der Waals surface area contributed by atoms with Gasteiger partial charge in [-0.1, -0.05) is 5.16 Å². The van der Waals surface area contributed by atoms with E-state index in [0.717, 1.165) is 0 Å². The third-order valence-electron chi connectivity index (χ3n) is 2.36. The van der Waals surface area contributed by atoms with E-state index in [0.29, 0.717) is 24.4 Å². The molecule has 90 valence electrons. The van der Waals surface area contributed by atoms with Crippen molar-refractivity contribution in [1.29, 1.82) is 0 Å². The Hall–Kier alpha value is -1.95. The van der Waals surface area contributed by atoms with E-state index in [2.05, 4.69) is 10.5 Å². The van der Waals surface area contributed by atoms with E-state index in [1.807, 2.05) is 0 Å². The Morgan fingerprint density at radius 3 is 2.82 bits per heavy atom. The molecule has 1 amide bonds. The minimum absolute atomic E-state index is 0.232. The lowest BCUT2D eigenvalue weighted by Crippen LogP contribution is -2.25. The molecule has 1 aliphatic rings. The minimum Gasteiger partial charge on any atom is -0.390 e. The van der Waals surface area contributed by atoms with Crippen LogP contribution >= 0.6 is 0 Å². The second kappa shape index (κ2) is 4.92. The predicted molar refractivity (Wildman–Crippen MR) is 61.0 cm³/mol. The van der Waals surface area contributed by atoms with Gasteiger partial charge in [0.15, 0.2) is 0 Å². The Morgan fingerprint density at radius 1 is 1.53 bits per heavy atom. The van der Waals surface area contributed by atoms with Crippen molar-refractivity contribution in [3.8, 4) is 0 Å². The molecule has 6 heteroatoms. The van der Waals surface area contributed by atoms with Crippen molar-refractivity contribution in [3.63, 3.8) is 0 Å². The van der Waals surface area contributed by atoms with E-state index >= 15 is 0 Å². The van der Waals surface area contributed by atoms with Gasteiger partial charge in [-0.25, -0.2) is 4.39 Å². The number of benzene rings is 1. The minimum atomic E-state index is -0.354. The summed E-state index contributed by atoms with van der Waals surface area (Å²) >= 11 is 0. The third-order valence-corrected chi connectivity index (χ3v) is 2.36. The average Bonchev–Trinajstić information content (AvgIpc) is 2.81. The van der Waals surface area contributed by atoms with Crippen LogP contribution in [0.3, 0.4) is 0 Å². The van der Waals surface area contributed by atoms with E-state index in [1.54, 1.807) is 0 Å². The van der Waals surface area contributed by atoms with Crippen LogP contribution in [0.4, 0.5) is 10.1 Å². The molecule has 0 spiro atoms. The first-order valence-electron chi connectivity index (χ1n) is 5.18. The number of nitrogens with zero attached hydrogens (tertiary/aromatic N) is 1. The van der Waals surface area contributed by atoms with E-state index in [4.69, 9.17) is 10.6 Å². The molecule has 0 aliphatic carbocycles. The van der Waals surface area contributed by atoms with Crippen LogP contribution in [0, 0.1) is 5.82 Å². The highest BCUT2D eigenvalue weighted by Crippen LogP contribution is 2.12. The van der Waals surface area contributed by atoms with E-state index < -0.39 is 0 Å². The first-order chi connectivity index (χ1) is 8.19. The van der Waals surface area contributed by atoms with E-state index in [9.17, 15) is 9.18 Å². The van der Waals surface area contributed by atoms with Crippen LogP contribution in [0.15, 0.2) is 29.4 Å². The second-order valence-corrected chi connectivity index (χ2v) is 3.67. The van der Waals surface area contributed by atoms with Crippen LogP contribution in [-0.4, -0.2) is 24.3 Å². The maximum Gasteiger partial charge on any atom is 0.273 e. The molecule has 0 bridgehead atoms. The number of rotatable bonds is 3. The van der Waals surface area contributed by atoms with Gasteiger partial charge in [-0.2, -0.15) is 0 Å². The number of carbonyl (C=O) groups is 1. The molecule has 0 fully saturated rings. The molecule has 0 saturated carbocycles. The average molecular weight is 237 g/mol. The van der Waals surface area contributed by atoms with Crippen molar-refractivity contribution in [3.05, 3.63) is 30.1 Å². The zero-order valence-corrected chi connectivity index (χ0v) is 9.02. The summed E-state index contributed by atoms with van der Waals surface area (Å²) in [6, 6.07) is 5.49. The maximum atomic E-state index is 12.7. The second-order valence-electron chi connectivity index (χ2n) is 3.67. The number of oxime groups is 1. The zero-order valence-electron chi connectivity index (χ0n) is 9.02. The lowest BCUT2D eigenvalue weighted by atomic mass is 10.1. The fourth-order valence-electron chi connectivity index (χ4n) is 1.43. The molecule has 1 aromatic carbocycles. The highest BCUT2D eigenvalue weighted by molar-refractivity contribution is 6.43. The molecule has 0 radical (unpaired) electrons. The van der Waals surface area contributed by atoms with Crippen LogP contribution in [0.2, 0.25) is 0 Å². The van der Waals surface area contributed by atoms with Gasteiger partial charge in [-0.15, -0.1) is 0 Å². The summed E-state index contributed by atoms with van der Waals surface area (Å²) < 4.78 is 12.7. The number of nitrogens with one attached hydrogen (secondary N) is 1. The number of carbonyl (C=O) groups excluding carboxylic acids is 1. The van der Waals surface area contributed by atoms with Crippen LogP contribution in [0.5, 0.6) is 0 Å². The largest absolute Gasteiger partial charge is 0.390 e. The fourth-order valence-corrected chi connectivity index (χ4v) is 1.43. The molecular weight excluding hydrogens is 225 g/mol. The number of hydrogen-bond donors (Lipinski definition) is 2. The van der Waals surface area contributed by atoms with Crippen molar-refractivity contribution in [2.75, 3.05) is 11.9 Å². The molecule has 17 heavy (non-hydrogen) atoms. The number of anilines is 1. The summed E-state index contributed by atoms with van der Waals surface area (Å²) in [5.74, 6) is -0.708. The van der Waals surface area contributed by atoms with Gasteiger partial charge in [0, 0.05) is 18.7 Å². The molecule has 1 aromatic rings. The number of amides is 1. The summed E-state index contributed by atoms with van der Waals surface area (Å²) in [5.41, 5.74) is 6.20. The normalized spacial score (nSPS) is 18.5. The first-order valence-corrected chi connectivity index (χ1v) is 5.18. The van der Waals surface area contributed by atoms with Gasteiger partial charge in [0.25, 0.3) is 5.91 Å². The highest BCUT2D eigenvalue weighted by atomic mass is 19.1. The third kappa shape index (κ3) is 2.79. The summed E-state index contributed by atoms with van der Waals surface area (Å²) in [4.78, 5) is 16.6. The van der Waals surface area contributed by atoms with E-state index in [-0.39, 0.29) is 17.8 Å². The van der Waals surface area contributed by atoms with Crippen LogP contribution in [0.25, 0.3) is 0 Å². The molecule has 5 nitrogen and oxygen atoms in total. The summed E-state index contributed by atoms with van der Waals surface area (Å²) in [7, 11) is 0. The van der Waals surface area contributed by atoms with Crippen molar-refractivity contribution in [2.24, 2.45) is 10.9 Å². The van der Waals surface area contributed by atoms with Gasteiger partial charge in [-0.05, 0) is 24.3 Å². The van der Waals surface area contributed by atoms with Gasteiger partial charge in [0.05, 0.1) is 0 Å². The monoisotopic (exact) mass is 237 g/mol. The maximum absolute atomic E-state index is 12.7. The van der Waals surface area contributed by atoms with Gasteiger partial charge < -0.3 is 15.9 Å². The van der Waals surface area contributed by atoms with Crippen molar-refractivity contribution >= 4 is 17.3 Å². The van der Waals surface area contributed by atoms with Gasteiger partial charge in [0.1, 0.15) is 17.6 Å². The van der Waals surface area contributed by atoms with Crippen molar-refractivity contribution in [1.82, 2.24) is 0 Å². The quantitative estimate of drug-likeness (QED) is 0.818. The fraction of sp³-hybridized carbons (Fsp3) is 0.273. The summed E-state index contributed by atoms with van der Waals surface area (Å²) in [6.45, 7) is 0.316. The highest BCUT2D eigenvalue weighted by Gasteiger charge is 2.24. The Labute approximate surface area is 97.4 Å². The van der Waals surface area contributed by atoms with Gasteiger partial charge in [-0.3, -0.25) is 4.79 Å². The van der Waals surface area contributed by atoms with E-state index in [1.165, 1.54) is 24.3 Å². The first kappa shape index (κ1) is 11.5. The zero-order chi connectivity index (χ0) is 12.3. The van der Waals surface area contributed by atoms with Crippen LogP contribution < -0.4 is 11.1 Å². The number of nitrogens with two attached hydrogens (primary N) is 1. The van der Waals surface area contributed by atoms with Gasteiger partial charge >= 0.3 is 0 Å². The Balaban J connectivity index is 1.96. The van der Waals surface area contributed by atoms with Crippen molar-refractivity contribution < 1.29 is 14.0 Å². The number of halogens is 1. The summed E-state index contributed by atoms with van der Waals surface area (Å²) in [5, 5.41) is 6.25. The van der Waals surface area contributed by atoms with Crippen LogP contribution in [0.1, 0.15) is 6.42 Å². The van der Waals surface area contributed by atoms with Crippen LogP contribution in [-0.2, 0) is 9.63 Å². The molecule has 2 rings (SSSR count). The lowest BCUT2D eigenvalue weighted by molar-refractivity contribution is -0.110. The van der Waals surface area contributed by atoms with Crippen molar-refractivity contribution in [2.45, 2.75) is 12.5 Å². The summed E-state index contributed by atoms with van der Waals surface area (Å²) in [6.07, 6.45) is 0.160. The molecule has 1 atom stereocenters. The molecular formula is C11H12FN3O2. The Bertz CT molecular complexity index is 445. The Morgan fingerprint density at radius 2 is 2.24 bits per heavy atom.